The molecule has 1 unspecified atom stereocenters. The maximum atomic E-state index is 10.7. The maximum Gasteiger partial charge on any atom is 0.308 e. The zero-order valence-electron chi connectivity index (χ0n) is 11.1. The first-order valence-electron chi connectivity index (χ1n) is 6.81. The minimum Gasteiger partial charge on any atom is -0.481 e. The van der Waals surface area contributed by atoms with Gasteiger partial charge in [0.2, 0.25) is 0 Å². The summed E-state index contributed by atoms with van der Waals surface area (Å²) in [4.78, 5) is 12.8. The van der Waals surface area contributed by atoms with Gasteiger partial charge in [0.15, 0.2) is 0 Å². The van der Waals surface area contributed by atoms with Gasteiger partial charge in [-0.3, -0.25) is 4.79 Å². The van der Waals surface area contributed by atoms with Gasteiger partial charge in [-0.05, 0) is 31.0 Å². The van der Waals surface area contributed by atoms with Crippen molar-refractivity contribution >= 4 is 17.3 Å². The van der Waals surface area contributed by atoms with Crippen molar-refractivity contribution in [1.82, 2.24) is 5.32 Å². The smallest absolute Gasteiger partial charge is 0.308 e. The van der Waals surface area contributed by atoms with Crippen LogP contribution in [0, 0.1) is 0 Å². The average Bonchev–Trinajstić information content (AvgIpc) is 3.04. The predicted octanol–water partition coefficient (Wildman–Crippen LogP) is 3.14. The molecule has 0 aliphatic heterocycles. The molecule has 0 amide bonds. The molecule has 2 N–H and O–H groups in total. The van der Waals surface area contributed by atoms with Crippen LogP contribution in [-0.2, 0) is 24.2 Å². The van der Waals surface area contributed by atoms with E-state index < -0.39 is 5.97 Å². The van der Waals surface area contributed by atoms with Crippen molar-refractivity contribution in [3.05, 3.63) is 45.5 Å². The highest BCUT2D eigenvalue weighted by Gasteiger charge is 2.22. The first kappa shape index (κ1) is 13.4. The fourth-order valence-electron chi connectivity index (χ4n) is 2.68. The van der Waals surface area contributed by atoms with Crippen LogP contribution in [0.5, 0.6) is 0 Å². The van der Waals surface area contributed by atoms with Crippen molar-refractivity contribution in [2.45, 2.75) is 38.3 Å². The average molecular weight is 291 g/mol. The van der Waals surface area contributed by atoms with Gasteiger partial charge in [-0.2, -0.15) is 0 Å². The van der Waals surface area contributed by atoms with E-state index in [0.717, 1.165) is 36.4 Å². The zero-order valence-corrected chi connectivity index (χ0v) is 11.9. The molecular weight excluding hydrogens is 274 g/mol. The molecule has 2 heterocycles. The quantitative estimate of drug-likeness (QED) is 0.888. The van der Waals surface area contributed by atoms with Crippen LogP contribution in [0.3, 0.4) is 0 Å². The minimum absolute atomic E-state index is 0.111. The van der Waals surface area contributed by atoms with Crippen molar-refractivity contribution in [3.63, 3.8) is 0 Å². The molecule has 5 heteroatoms. The Hall–Kier alpha value is -1.59. The second-order valence-electron chi connectivity index (χ2n) is 5.06. The number of rotatable bonds is 5. The van der Waals surface area contributed by atoms with Gasteiger partial charge in [0.05, 0.1) is 12.7 Å². The van der Waals surface area contributed by atoms with Crippen molar-refractivity contribution in [2.75, 3.05) is 0 Å². The molecule has 0 radical (unpaired) electrons. The van der Waals surface area contributed by atoms with E-state index in [2.05, 4.69) is 11.4 Å². The van der Waals surface area contributed by atoms with Crippen molar-refractivity contribution in [2.24, 2.45) is 0 Å². The summed E-state index contributed by atoms with van der Waals surface area (Å²) in [5.41, 5.74) is 1.28. The highest BCUT2D eigenvalue weighted by atomic mass is 32.1. The van der Waals surface area contributed by atoms with E-state index in [0.29, 0.717) is 6.04 Å². The molecule has 1 aliphatic carbocycles. The second-order valence-corrected chi connectivity index (χ2v) is 6.32. The molecule has 0 spiro atoms. The molecule has 0 saturated carbocycles. The summed E-state index contributed by atoms with van der Waals surface area (Å²) in [6.45, 7) is 0.777. The number of carboxylic acids is 1. The molecule has 20 heavy (non-hydrogen) atoms. The maximum absolute atomic E-state index is 10.7. The Balaban J connectivity index is 1.60. The second kappa shape index (κ2) is 5.81. The van der Waals surface area contributed by atoms with Gasteiger partial charge < -0.3 is 14.8 Å². The van der Waals surface area contributed by atoms with Crippen LogP contribution >= 0.6 is 11.3 Å². The van der Waals surface area contributed by atoms with Crippen LogP contribution < -0.4 is 5.32 Å². The number of carboxylic acid groups (broad SMARTS) is 1. The molecule has 4 nitrogen and oxygen atoms in total. The number of carbonyl (C=O) groups is 1. The molecule has 0 aromatic carbocycles. The van der Waals surface area contributed by atoms with E-state index in [1.54, 1.807) is 17.6 Å². The zero-order chi connectivity index (χ0) is 13.9. The summed E-state index contributed by atoms with van der Waals surface area (Å²) in [5.74, 6) is 0.327. The fraction of sp³-hybridized carbons (Fsp3) is 0.400. The Morgan fingerprint density at radius 1 is 1.40 bits per heavy atom. The molecule has 0 saturated heterocycles. The molecule has 106 valence electrons. The van der Waals surface area contributed by atoms with Gasteiger partial charge >= 0.3 is 5.97 Å². The van der Waals surface area contributed by atoms with Crippen LogP contribution in [0.25, 0.3) is 0 Å². The lowest BCUT2D eigenvalue weighted by molar-refractivity contribution is -0.136. The Labute approximate surface area is 121 Å². The monoisotopic (exact) mass is 291 g/mol. The molecule has 2 aromatic heterocycles. The van der Waals surface area contributed by atoms with E-state index in [-0.39, 0.29) is 6.42 Å². The topological polar surface area (TPSA) is 62.5 Å². The Bertz CT molecular complexity index is 602. The molecule has 1 atom stereocenters. The largest absolute Gasteiger partial charge is 0.481 e. The van der Waals surface area contributed by atoms with Gasteiger partial charge in [0.1, 0.15) is 5.76 Å². The number of hydrogen-bond acceptors (Lipinski definition) is 4. The lowest BCUT2D eigenvalue weighted by Crippen LogP contribution is -2.23. The summed E-state index contributed by atoms with van der Waals surface area (Å²) in [6.07, 6.45) is 5.18. The van der Waals surface area contributed by atoms with E-state index in [9.17, 15) is 4.79 Å². The van der Waals surface area contributed by atoms with Gasteiger partial charge in [-0.1, -0.05) is 0 Å². The van der Waals surface area contributed by atoms with Crippen LogP contribution in [0.1, 0.15) is 40.0 Å². The van der Waals surface area contributed by atoms with Gasteiger partial charge in [-0.15, -0.1) is 11.3 Å². The minimum atomic E-state index is -0.776. The molecule has 2 aromatic rings. The van der Waals surface area contributed by atoms with E-state index in [1.807, 2.05) is 12.1 Å². The summed E-state index contributed by atoms with van der Waals surface area (Å²) in [6, 6.07) is 6.31. The van der Waals surface area contributed by atoms with E-state index in [1.165, 1.54) is 10.4 Å². The Morgan fingerprint density at radius 2 is 2.25 bits per heavy atom. The van der Waals surface area contributed by atoms with E-state index in [4.69, 9.17) is 9.52 Å². The van der Waals surface area contributed by atoms with Crippen LogP contribution in [0.2, 0.25) is 0 Å². The standard InChI is InChI=1S/C15H17NO3S/c17-15(18)8-10-4-5-11(20-10)9-16-13-2-1-3-14-12(13)6-7-19-14/h4-7,13,16H,1-3,8-9H2,(H,17,18). The summed E-state index contributed by atoms with van der Waals surface area (Å²) < 4.78 is 5.48. The van der Waals surface area contributed by atoms with Crippen molar-refractivity contribution in [1.29, 1.82) is 0 Å². The number of hydrogen-bond donors (Lipinski definition) is 2. The summed E-state index contributed by atoms with van der Waals surface area (Å²) in [5, 5.41) is 12.3. The fourth-order valence-corrected chi connectivity index (χ4v) is 3.64. The number of aryl methyl sites for hydroxylation is 1. The first-order chi connectivity index (χ1) is 9.72. The van der Waals surface area contributed by atoms with Crippen LogP contribution in [0.4, 0.5) is 0 Å². The van der Waals surface area contributed by atoms with Gasteiger partial charge in [0.25, 0.3) is 0 Å². The molecule has 0 fully saturated rings. The first-order valence-corrected chi connectivity index (χ1v) is 7.63. The summed E-state index contributed by atoms with van der Waals surface area (Å²) >= 11 is 1.57. The SMILES string of the molecule is O=C(O)Cc1ccc(CNC2CCCc3occc32)s1. The van der Waals surface area contributed by atoms with Crippen LogP contribution in [-0.4, -0.2) is 11.1 Å². The van der Waals surface area contributed by atoms with E-state index >= 15 is 0 Å². The Morgan fingerprint density at radius 3 is 3.10 bits per heavy atom. The van der Waals surface area contributed by atoms with Crippen molar-refractivity contribution in [3.8, 4) is 0 Å². The van der Waals surface area contributed by atoms with Crippen molar-refractivity contribution < 1.29 is 14.3 Å². The predicted molar refractivity (Wildman–Crippen MR) is 76.9 cm³/mol. The van der Waals surface area contributed by atoms with Crippen LogP contribution in [0.15, 0.2) is 28.9 Å². The van der Waals surface area contributed by atoms with Gasteiger partial charge in [0, 0.05) is 34.3 Å². The number of aliphatic carboxylic acids is 1. The number of fused-ring (bicyclic) bond motifs is 1. The Kier molecular flexibility index (Phi) is 3.89. The molecule has 0 bridgehead atoms. The lowest BCUT2D eigenvalue weighted by atomic mass is 9.93. The summed E-state index contributed by atoms with van der Waals surface area (Å²) in [7, 11) is 0. The third kappa shape index (κ3) is 2.94. The van der Waals surface area contributed by atoms with Gasteiger partial charge in [-0.25, -0.2) is 0 Å². The molecule has 3 rings (SSSR count). The number of thiophene rings is 1. The third-order valence-electron chi connectivity index (χ3n) is 3.62. The molecule has 1 aliphatic rings. The third-order valence-corrected chi connectivity index (χ3v) is 4.70. The highest BCUT2D eigenvalue weighted by molar-refractivity contribution is 7.12. The highest BCUT2D eigenvalue weighted by Crippen LogP contribution is 2.31. The number of nitrogens with one attached hydrogen (secondary N) is 1. The number of furan rings is 1. The normalized spacial score (nSPS) is 17.9. The lowest BCUT2D eigenvalue weighted by Gasteiger charge is -2.22. The molecular formula is C15H17NO3S.